The fourth-order valence-electron chi connectivity index (χ4n) is 1.56. The van der Waals surface area contributed by atoms with Crippen LogP contribution in [-0.4, -0.2) is 17.1 Å². The van der Waals surface area contributed by atoms with Gasteiger partial charge in [-0.05, 0) is 37.8 Å². The molecule has 0 aliphatic rings. The highest BCUT2D eigenvalue weighted by Gasteiger charge is 2.11. The number of hydrogen-bond donors (Lipinski definition) is 2. The summed E-state index contributed by atoms with van der Waals surface area (Å²) in [5, 5.41) is 8.65. The third kappa shape index (κ3) is 3.36. The highest BCUT2D eigenvalue weighted by molar-refractivity contribution is 5.73. The van der Waals surface area contributed by atoms with E-state index < -0.39 is 12.0 Å². The Labute approximate surface area is 89.9 Å². The monoisotopic (exact) mass is 207 g/mol. The van der Waals surface area contributed by atoms with E-state index in [0.29, 0.717) is 6.42 Å². The van der Waals surface area contributed by atoms with E-state index >= 15 is 0 Å². The molecule has 3 N–H and O–H groups in total. The van der Waals surface area contributed by atoms with Crippen molar-refractivity contribution < 1.29 is 9.90 Å². The van der Waals surface area contributed by atoms with Crippen molar-refractivity contribution >= 4 is 5.97 Å². The summed E-state index contributed by atoms with van der Waals surface area (Å²) in [4.78, 5) is 10.5. The maximum absolute atomic E-state index is 10.5. The van der Waals surface area contributed by atoms with Crippen LogP contribution in [0.1, 0.15) is 23.1 Å². The van der Waals surface area contributed by atoms with Crippen LogP contribution in [0.15, 0.2) is 18.2 Å². The summed E-state index contributed by atoms with van der Waals surface area (Å²) < 4.78 is 0. The molecule has 0 aliphatic heterocycles. The van der Waals surface area contributed by atoms with Gasteiger partial charge in [0, 0.05) is 0 Å². The van der Waals surface area contributed by atoms with E-state index in [9.17, 15) is 4.79 Å². The van der Waals surface area contributed by atoms with Gasteiger partial charge in [0.15, 0.2) is 0 Å². The lowest BCUT2D eigenvalue weighted by Gasteiger charge is -2.09. The van der Waals surface area contributed by atoms with Crippen LogP contribution < -0.4 is 5.73 Å². The topological polar surface area (TPSA) is 63.3 Å². The minimum Gasteiger partial charge on any atom is -0.480 e. The minimum atomic E-state index is -0.931. The molecule has 0 heterocycles. The normalized spacial score (nSPS) is 12.5. The number of benzene rings is 1. The SMILES string of the molecule is Cc1ccc(CC[C@@H](N)C(=O)O)c(C)c1. The van der Waals surface area contributed by atoms with Crippen molar-refractivity contribution in [3.8, 4) is 0 Å². The fraction of sp³-hybridized carbons (Fsp3) is 0.417. The van der Waals surface area contributed by atoms with Crippen molar-refractivity contribution in [2.24, 2.45) is 5.73 Å². The zero-order valence-corrected chi connectivity index (χ0v) is 9.16. The molecule has 0 aromatic heterocycles. The maximum atomic E-state index is 10.5. The number of hydrogen-bond acceptors (Lipinski definition) is 2. The Kier molecular flexibility index (Phi) is 3.86. The predicted molar refractivity (Wildman–Crippen MR) is 59.8 cm³/mol. The van der Waals surface area contributed by atoms with Gasteiger partial charge in [-0.2, -0.15) is 0 Å². The predicted octanol–water partition coefficient (Wildman–Crippen LogP) is 1.65. The van der Waals surface area contributed by atoms with Gasteiger partial charge in [0.1, 0.15) is 6.04 Å². The van der Waals surface area contributed by atoms with E-state index in [4.69, 9.17) is 10.8 Å². The first kappa shape index (κ1) is 11.7. The molecule has 3 nitrogen and oxygen atoms in total. The summed E-state index contributed by atoms with van der Waals surface area (Å²) in [7, 11) is 0. The Morgan fingerprint density at radius 3 is 2.67 bits per heavy atom. The second-order valence-corrected chi connectivity index (χ2v) is 3.91. The van der Waals surface area contributed by atoms with Crippen LogP contribution in [-0.2, 0) is 11.2 Å². The molecular formula is C12H17NO2. The molecule has 0 saturated carbocycles. The highest BCUT2D eigenvalue weighted by atomic mass is 16.4. The molecule has 15 heavy (non-hydrogen) atoms. The number of aryl methyl sites for hydroxylation is 3. The molecule has 1 aromatic carbocycles. The molecule has 0 radical (unpaired) electrons. The largest absolute Gasteiger partial charge is 0.480 e. The molecule has 0 saturated heterocycles. The van der Waals surface area contributed by atoms with Gasteiger partial charge < -0.3 is 10.8 Å². The molecule has 1 aromatic rings. The van der Waals surface area contributed by atoms with Gasteiger partial charge >= 0.3 is 5.97 Å². The number of aliphatic carboxylic acids is 1. The molecule has 3 heteroatoms. The van der Waals surface area contributed by atoms with Crippen molar-refractivity contribution in [3.05, 3.63) is 34.9 Å². The number of nitrogens with two attached hydrogens (primary N) is 1. The van der Waals surface area contributed by atoms with Crippen molar-refractivity contribution in [1.82, 2.24) is 0 Å². The number of carboxylic acid groups (broad SMARTS) is 1. The maximum Gasteiger partial charge on any atom is 0.320 e. The van der Waals surface area contributed by atoms with Gasteiger partial charge in [-0.25, -0.2) is 0 Å². The molecule has 0 unspecified atom stereocenters. The van der Waals surface area contributed by atoms with E-state index in [2.05, 4.69) is 6.07 Å². The van der Waals surface area contributed by atoms with Crippen molar-refractivity contribution in [2.45, 2.75) is 32.7 Å². The van der Waals surface area contributed by atoms with E-state index in [1.165, 1.54) is 16.7 Å². The standard InChI is InChI=1S/C12H17NO2/c1-8-3-4-10(9(2)7-8)5-6-11(13)12(14)15/h3-4,7,11H,5-6,13H2,1-2H3,(H,14,15)/t11-/m1/s1. The Bertz CT molecular complexity index is 361. The summed E-state index contributed by atoms with van der Waals surface area (Å²) >= 11 is 0. The van der Waals surface area contributed by atoms with Gasteiger partial charge in [-0.15, -0.1) is 0 Å². The molecule has 0 bridgehead atoms. The Balaban J connectivity index is 2.62. The zero-order chi connectivity index (χ0) is 11.4. The number of carbonyl (C=O) groups is 1. The smallest absolute Gasteiger partial charge is 0.320 e. The first-order valence-electron chi connectivity index (χ1n) is 5.05. The molecule has 1 rings (SSSR count). The quantitative estimate of drug-likeness (QED) is 0.789. The summed E-state index contributed by atoms with van der Waals surface area (Å²) in [5.41, 5.74) is 9.05. The third-order valence-electron chi connectivity index (χ3n) is 2.54. The van der Waals surface area contributed by atoms with Gasteiger partial charge in [0.2, 0.25) is 0 Å². The van der Waals surface area contributed by atoms with Gasteiger partial charge in [-0.1, -0.05) is 23.8 Å². The third-order valence-corrected chi connectivity index (χ3v) is 2.54. The fourth-order valence-corrected chi connectivity index (χ4v) is 1.56. The van der Waals surface area contributed by atoms with Gasteiger partial charge in [0.05, 0.1) is 0 Å². The molecular weight excluding hydrogens is 190 g/mol. The first-order valence-corrected chi connectivity index (χ1v) is 5.05. The summed E-state index contributed by atoms with van der Waals surface area (Å²) in [6.07, 6.45) is 1.21. The number of rotatable bonds is 4. The molecule has 0 amide bonds. The van der Waals surface area contributed by atoms with Crippen LogP contribution in [0.2, 0.25) is 0 Å². The lowest BCUT2D eigenvalue weighted by molar-refractivity contribution is -0.138. The summed E-state index contributed by atoms with van der Waals surface area (Å²) in [5.74, 6) is -0.931. The van der Waals surface area contributed by atoms with Crippen molar-refractivity contribution in [2.75, 3.05) is 0 Å². The Hall–Kier alpha value is -1.35. The van der Waals surface area contributed by atoms with Crippen LogP contribution in [0.5, 0.6) is 0 Å². The molecule has 0 fully saturated rings. The summed E-state index contributed by atoms with van der Waals surface area (Å²) in [6.45, 7) is 4.08. The van der Waals surface area contributed by atoms with Crippen LogP contribution >= 0.6 is 0 Å². The highest BCUT2D eigenvalue weighted by Crippen LogP contribution is 2.13. The van der Waals surface area contributed by atoms with Crippen molar-refractivity contribution in [1.29, 1.82) is 0 Å². The van der Waals surface area contributed by atoms with Gasteiger partial charge in [-0.3, -0.25) is 4.79 Å². The minimum absolute atomic E-state index is 0.485. The molecule has 1 atom stereocenters. The second-order valence-electron chi connectivity index (χ2n) is 3.91. The molecule has 0 spiro atoms. The van der Waals surface area contributed by atoms with Crippen LogP contribution in [0.3, 0.4) is 0 Å². The van der Waals surface area contributed by atoms with E-state index in [0.717, 1.165) is 6.42 Å². The van der Waals surface area contributed by atoms with E-state index in [1.54, 1.807) is 0 Å². The molecule has 0 aliphatic carbocycles. The summed E-state index contributed by atoms with van der Waals surface area (Å²) in [6, 6.07) is 5.42. The lowest BCUT2D eigenvalue weighted by atomic mass is 9.99. The van der Waals surface area contributed by atoms with E-state index in [1.807, 2.05) is 26.0 Å². The average Bonchev–Trinajstić information content (AvgIpc) is 2.15. The van der Waals surface area contributed by atoms with Crippen LogP contribution in [0.4, 0.5) is 0 Å². The van der Waals surface area contributed by atoms with E-state index in [-0.39, 0.29) is 0 Å². The molecule has 82 valence electrons. The van der Waals surface area contributed by atoms with Crippen LogP contribution in [0.25, 0.3) is 0 Å². The number of carboxylic acids is 1. The Morgan fingerprint density at radius 2 is 2.13 bits per heavy atom. The lowest BCUT2D eigenvalue weighted by Crippen LogP contribution is -2.30. The zero-order valence-electron chi connectivity index (χ0n) is 9.16. The van der Waals surface area contributed by atoms with Crippen LogP contribution in [0, 0.1) is 13.8 Å². The van der Waals surface area contributed by atoms with Gasteiger partial charge in [0.25, 0.3) is 0 Å². The average molecular weight is 207 g/mol. The Morgan fingerprint density at radius 1 is 1.47 bits per heavy atom. The second kappa shape index (κ2) is 4.94. The van der Waals surface area contributed by atoms with Crippen molar-refractivity contribution in [3.63, 3.8) is 0 Å². The first-order chi connectivity index (χ1) is 7.00.